The van der Waals surface area contributed by atoms with Crippen molar-refractivity contribution < 1.29 is 21.6 Å². The number of nitrogens with zero attached hydrogens (tertiary/aromatic N) is 3. The summed E-state index contributed by atoms with van der Waals surface area (Å²) in [7, 11) is -5.45. The van der Waals surface area contributed by atoms with Crippen LogP contribution in [0.2, 0.25) is 0 Å². The number of nitrogens with one attached hydrogen (secondary N) is 1. The molecule has 2 heterocycles. The Morgan fingerprint density at radius 1 is 1.27 bits per heavy atom. The van der Waals surface area contributed by atoms with Gasteiger partial charge in [-0.1, -0.05) is 15.9 Å². The largest absolute Gasteiger partial charge is 0.511 e. The molecule has 11 heteroatoms. The van der Waals surface area contributed by atoms with Crippen molar-refractivity contribution in [3.63, 3.8) is 0 Å². The van der Waals surface area contributed by atoms with Crippen LogP contribution in [0.4, 0.5) is 18.9 Å². The van der Waals surface area contributed by atoms with Gasteiger partial charge in [0.05, 0.1) is 18.6 Å². The Bertz CT molecular complexity index is 1060. The first kappa shape index (κ1) is 20.3. The number of aromatic amines is 1. The molecule has 6 rings (SSSR count). The molecule has 3 fully saturated rings. The van der Waals surface area contributed by atoms with E-state index < -0.39 is 15.5 Å². The van der Waals surface area contributed by atoms with Gasteiger partial charge in [0.1, 0.15) is 0 Å². The fraction of sp³-hybridized carbons (Fsp3) is 0.526. The Kier molecular flexibility index (Phi) is 4.54. The van der Waals surface area contributed by atoms with Crippen molar-refractivity contribution in [1.29, 1.82) is 0 Å². The fourth-order valence-electron chi connectivity index (χ4n) is 5.23. The van der Waals surface area contributed by atoms with Gasteiger partial charge in [-0.15, -0.1) is 0 Å². The summed E-state index contributed by atoms with van der Waals surface area (Å²) in [6.07, 6.45) is 6.05. The van der Waals surface area contributed by atoms with Crippen LogP contribution in [-0.4, -0.2) is 40.8 Å². The molecule has 3 saturated carbocycles. The molecule has 3 aliphatic carbocycles. The summed E-state index contributed by atoms with van der Waals surface area (Å²) < 4.78 is 66.6. The summed E-state index contributed by atoms with van der Waals surface area (Å²) in [5.41, 5.74) is -3.33. The molecule has 30 heavy (non-hydrogen) atoms. The predicted octanol–water partition coefficient (Wildman–Crippen LogP) is 4.01. The van der Waals surface area contributed by atoms with E-state index in [4.69, 9.17) is 0 Å². The van der Waals surface area contributed by atoms with Crippen LogP contribution in [0.3, 0.4) is 0 Å². The molecule has 1 N–H and O–H groups in total. The molecule has 2 bridgehead atoms. The monoisotopic (exact) mass is 504 g/mol. The van der Waals surface area contributed by atoms with E-state index in [9.17, 15) is 21.6 Å². The molecular weight excluding hydrogens is 485 g/mol. The Morgan fingerprint density at radius 2 is 2.00 bits per heavy atom. The van der Waals surface area contributed by atoms with Crippen LogP contribution >= 0.6 is 15.9 Å². The quantitative estimate of drug-likeness (QED) is 0.682. The van der Waals surface area contributed by atoms with E-state index in [1.165, 1.54) is 0 Å². The SMILES string of the molecule is O=S(=O)(N1Cc2cc(Br)ccc2N(Cc2cnc[nH]2)[C@H](C23CC(C2)C3)C1)C(F)(F)F. The van der Waals surface area contributed by atoms with E-state index in [2.05, 4.69) is 30.8 Å². The minimum absolute atomic E-state index is 0.140. The van der Waals surface area contributed by atoms with Gasteiger partial charge in [0.15, 0.2) is 0 Å². The summed E-state index contributed by atoms with van der Waals surface area (Å²) >= 11 is 3.37. The lowest BCUT2D eigenvalue weighted by Gasteiger charge is -2.67. The highest BCUT2D eigenvalue weighted by molar-refractivity contribution is 9.10. The minimum Gasteiger partial charge on any atom is -0.361 e. The number of imidazole rings is 1. The zero-order chi connectivity index (χ0) is 21.3. The van der Waals surface area contributed by atoms with Gasteiger partial charge in [-0.2, -0.15) is 17.5 Å². The molecule has 0 saturated heterocycles. The third-order valence-electron chi connectivity index (χ3n) is 6.77. The van der Waals surface area contributed by atoms with Crippen LogP contribution in [-0.2, 0) is 23.1 Å². The van der Waals surface area contributed by atoms with Gasteiger partial charge in [0, 0.05) is 35.5 Å². The molecule has 1 aromatic carbocycles. The maximum Gasteiger partial charge on any atom is 0.511 e. The molecule has 1 atom stereocenters. The van der Waals surface area contributed by atoms with Crippen LogP contribution in [0.1, 0.15) is 30.5 Å². The number of hydrogen-bond acceptors (Lipinski definition) is 4. The highest BCUT2D eigenvalue weighted by atomic mass is 79.9. The predicted molar refractivity (Wildman–Crippen MR) is 108 cm³/mol. The van der Waals surface area contributed by atoms with Gasteiger partial charge in [-0.25, -0.2) is 13.4 Å². The Balaban J connectivity index is 1.63. The van der Waals surface area contributed by atoms with Gasteiger partial charge in [0.25, 0.3) is 0 Å². The zero-order valence-electron chi connectivity index (χ0n) is 15.9. The van der Waals surface area contributed by atoms with Gasteiger partial charge in [-0.05, 0) is 54.4 Å². The van der Waals surface area contributed by atoms with E-state index in [-0.39, 0.29) is 24.5 Å². The summed E-state index contributed by atoms with van der Waals surface area (Å²) in [6.45, 7) is -0.0767. The standard InChI is InChI=1S/C19H20BrF3N4O2S/c20-14-1-2-16-13(3-14)8-26(30(28,29)19(21,22)23)10-17(18-4-12(5-18)6-18)27(16)9-15-7-24-11-25-15/h1-3,7,11-12,17H,4-6,8-10H2,(H,24,25)/t12?,17-,18?/m0/s1. The van der Waals surface area contributed by atoms with E-state index in [0.29, 0.717) is 26.8 Å². The Labute approximate surface area is 180 Å². The second-order valence-electron chi connectivity index (χ2n) is 8.58. The van der Waals surface area contributed by atoms with Gasteiger partial charge >= 0.3 is 15.5 Å². The third kappa shape index (κ3) is 3.08. The number of benzene rings is 1. The van der Waals surface area contributed by atoms with E-state index in [1.54, 1.807) is 18.6 Å². The number of aromatic nitrogens is 2. The molecular formula is C19H20BrF3N4O2S. The van der Waals surface area contributed by atoms with Gasteiger partial charge in [-0.3, -0.25) is 0 Å². The molecule has 162 valence electrons. The number of halogens is 4. The van der Waals surface area contributed by atoms with Gasteiger partial charge < -0.3 is 9.88 Å². The van der Waals surface area contributed by atoms with Crippen molar-refractivity contribution in [1.82, 2.24) is 14.3 Å². The Hall–Kier alpha value is -1.59. The average Bonchev–Trinajstić information content (AvgIpc) is 3.03. The molecule has 6 nitrogen and oxygen atoms in total. The first-order chi connectivity index (χ1) is 14.1. The maximum absolute atomic E-state index is 13.5. The average molecular weight is 505 g/mol. The molecule has 0 unspecified atom stereocenters. The number of hydrogen-bond donors (Lipinski definition) is 1. The topological polar surface area (TPSA) is 69.3 Å². The Morgan fingerprint density at radius 3 is 2.57 bits per heavy atom. The van der Waals surface area contributed by atoms with E-state index >= 15 is 0 Å². The van der Waals surface area contributed by atoms with Crippen molar-refractivity contribution in [3.8, 4) is 0 Å². The molecule has 2 aromatic rings. The molecule has 0 amide bonds. The lowest BCUT2D eigenvalue weighted by Crippen LogP contribution is -2.66. The third-order valence-corrected chi connectivity index (χ3v) is 8.81. The summed E-state index contributed by atoms with van der Waals surface area (Å²) in [5, 5.41) is 0. The molecule has 0 radical (unpaired) electrons. The van der Waals surface area contributed by atoms with Crippen molar-refractivity contribution in [2.45, 2.75) is 43.9 Å². The van der Waals surface area contributed by atoms with E-state index in [0.717, 1.165) is 30.6 Å². The van der Waals surface area contributed by atoms with Crippen LogP contribution in [0.25, 0.3) is 0 Å². The highest BCUT2D eigenvalue weighted by Gasteiger charge is 2.63. The van der Waals surface area contributed by atoms with Crippen molar-refractivity contribution in [2.75, 3.05) is 11.4 Å². The summed E-state index contributed by atoms with van der Waals surface area (Å²) in [4.78, 5) is 9.19. The van der Waals surface area contributed by atoms with Crippen molar-refractivity contribution >= 4 is 31.6 Å². The normalized spacial score (nSPS) is 29.0. The molecule has 1 aromatic heterocycles. The lowest BCUT2D eigenvalue weighted by atomic mass is 9.41. The number of anilines is 1. The van der Waals surface area contributed by atoms with Crippen LogP contribution < -0.4 is 4.90 Å². The summed E-state index contributed by atoms with van der Waals surface area (Å²) in [5.74, 6) is 0.610. The van der Waals surface area contributed by atoms with Gasteiger partial charge in [0.2, 0.25) is 0 Å². The van der Waals surface area contributed by atoms with Crippen LogP contribution in [0, 0.1) is 11.3 Å². The summed E-state index contributed by atoms with van der Waals surface area (Å²) in [6, 6.07) is 5.06. The highest BCUT2D eigenvalue weighted by Crippen LogP contribution is 2.67. The second kappa shape index (κ2) is 6.70. The van der Waals surface area contributed by atoms with Crippen LogP contribution in [0.15, 0.2) is 35.2 Å². The number of H-pyrrole nitrogens is 1. The molecule has 1 aliphatic heterocycles. The first-order valence-electron chi connectivity index (χ1n) is 9.68. The number of alkyl halides is 3. The van der Waals surface area contributed by atoms with Crippen molar-refractivity contribution in [3.05, 3.63) is 46.5 Å². The number of rotatable bonds is 4. The zero-order valence-corrected chi connectivity index (χ0v) is 18.3. The molecule has 0 spiro atoms. The first-order valence-corrected chi connectivity index (χ1v) is 11.9. The van der Waals surface area contributed by atoms with E-state index in [1.807, 2.05) is 12.1 Å². The van der Waals surface area contributed by atoms with Crippen molar-refractivity contribution in [2.24, 2.45) is 11.3 Å². The molecule has 4 aliphatic rings. The van der Waals surface area contributed by atoms with Crippen LogP contribution in [0.5, 0.6) is 0 Å². The lowest BCUT2D eigenvalue weighted by molar-refractivity contribution is -0.129. The smallest absolute Gasteiger partial charge is 0.361 e. The number of fused-ring (bicyclic) bond motifs is 1. The maximum atomic E-state index is 13.5. The minimum atomic E-state index is -5.45. The second-order valence-corrected chi connectivity index (χ2v) is 11.4. The fourth-order valence-corrected chi connectivity index (χ4v) is 6.58. The number of sulfonamides is 1.